The first-order valence-corrected chi connectivity index (χ1v) is 8.33. The molecule has 1 saturated heterocycles. The van der Waals surface area contributed by atoms with Crippen LogP contribution in [0, 0.1) is 11.8 Å². The van der Waals surface area contributed by atoms with E-state index in [1.165, 1.54) is 12.8 Å². The summed E-state index contributed by atoms with van der Waals surface area (Å²) in [6.07, 6.45) is 5.36. The quantitative estimate of drug-likeness (QED) is 0.860. The van der Waals surface area contributed by atoms with Gasteiger partial charge in [0.15, 0.2) is 0 Å². The molecule has 2 unspecified atom stereocenters. The summed E-state index contributed by atoms with van der Waals surface area (Å²) >= 11 is 0. The molecule has 0 spiro atoms. The van der Waals surface area contributed by atoms with E-state index in [1.807, 2.05) is 6.92 Å². The van der Waals surface area contributed by atoms with Crippen molar-refractivity contribution in [2.24, 2.45) is 17.6 Å². The van der Waals surface area contributed by atoms with Crippen molar-refractivity contribution in [1.29, 1.82) is 0 Å². The van der Waals surface area contributed by atoms with Gasteiger partial charge < -0.3 is 5.73 Å². The Hall–Kier alpha value is 0.160. The van der Waals surface area contributed by atoms with Crippen molar-refractivity contribution >= 4 is 22.4 Å². The van der Waals surface area contributed by atoms with E-state index >= 15 is 0 Å². The van der Waals surface area contributed by atoms with E-state index in [0.717, 1.165) is 19.3 Å². The molecule has 1 heterocycles. The summed E-state index contributed by atoms with van der Waals surface area (Å²) in [5.41, 5.74) is 5.93. The van der Waals surface area contributed by atoms with Gasteiger partial charge in [0.05, 0.1) is 5.75 Å². The highest BCUT2D eigenvalue weighted by molar-refractivity contribution is 7.89. The summed E-state index contributed by atoms with van der Waals surface area (Å²) in [5, 5.41) is 0. The van der Waals surface area contributed by atoms with Crippen LogP contribution in [-0.2, 0) is 10.0 Å². The van der Waals surface area contributed by atoms with Gasteiger partial charge in [-0.2, -0.15) is 0 Å². The fourth-order valence-electron chi connectivity index (χ4n) is 2.96. The fraction of sp³-hybridized carbons (Fsp3) is 1.00. The van der Waals surface area contributed by atoms with Gasteiger partial charge in [0.25, 0.3) is 0 Å². The summed E-state index contributed by atoms with van der Waals surface area (Å²) in [7, 11) is -3.05. The van der Waals surface area contributed by atoms with Gasteiger partial charge in [-0.1, -0.05) is 19.8 Å². The number of halogens is 1. The zero-order chi connectivity index (χ0) is 12.5. The number of hydrogen-bond donors (Lipinski definition) is 1. The average Bonchev–Trinajstić information content (AvgIpc) is 2.73. The summed E-state index contributed by atoms with van der Waals surface area (Å²) < 4.78 is 26.2. The Morgan fingerprint density at radius 2 is 1.83 bits per heavy atom. The van der Waals surface area contributed by atoms with Gasteiger partial charge in [-0.25, -0.2) is 12.7 Å². The lowest BCUT2D eigenvalue weighted by Crippen LogP contribution is -2.49. The van der Waals surface area contributed by atoms with Crippen molar-refractivity contribution in [2.75, 3.05) is 18.8 Å². The van der Waals surface area contributed by atoms with E-state index in [9.17, 15) is 8.42 Å². The molecule has 4 nitrogen and oxygen atoms in total. The lowest BCUT2D eigenvalue weighted by molar-refractivity contribution is 0.249. The summed E-state index contributed by atoms with van der Waals surface area (Å²) in [6.45, 7) is 3.26. The highest BCUT2D eigenvalue weighted by atomic mass is 35.5. The molecule has 108 valence electrons. The summed E-state index contributed by atoms with van der Waals surface area (Å²) in [4.78, 5) is 0. The standard InChI is InChI=1S/C12H24N2O2S.ClH/c1-10-8-14(7-6-12(10)13)17(15,16)9-11-4-2-3-5-11;/h10-12H,2-9,13H2,1H3;1H. The topological polar surface area (TPSA) is 63.4 Å². The first-order valence-electron chi connectivity index (χ1n) is 6.72. The molecule has 0 aromatic rings. The van der Waals surface area contributed by atoms with E-state index in [2.05, 4.69) is 0 Å². The largest absolute Gasteiger partial charge is 0.327 e. The summed E-state index contributed by atoms with van der Waals surface area (Å²) in [5.74, 6) is 1.03. The Morgan fingerprint density at radius 1 is 1.22 bits per heavy atom. The van der Waals surface area contributed by atoms with Gasteiger partial charge in [-0.05, 0) is 31.1 Å². The second-order valence-corrected chi connectivity index (χ2v) is 7.73. The van der Waals surface area contributed by atoms with Gasteiger partial charge >= 0.3 is 0 Å². The Labute approximate surface area is 117 Å². The van der Waals surface area contributed by atoms with Crippen LogP contribution in [0.2, 0.25) is 0 Å². The minimum atomic E-state index is -3.05. The zero-order valence-electron chi connectivity index (χ0n) is 11.0. The van der Waals surface area contributed by atoms with Crippen LogP contribution >= 0.6 is 12.4 Å². The van der Waals surface area contributed by atoms with E-state index in [-0.39, 0.29) is 24.4 Å². The van der Waals surface area contributed by atoms with E-state index in [0.29, 0.717) is 24.8 Å². The third kappa shape index (κ3) is 3.83. The van der Waals surface area contributed by atoms with Crippen molar-refractivity contribution in [3.63, 3.8) is 0 Å². The first-order chi connectivity index (χ1) is 7.99. The molecule has 0 aromatic heterocycles. The Bertz CT molecular complexity index is 355. The molecule has 1 aliphatic heterocycles. The van der Waals surface area contributed by atoms with Gasteiger partial charge in [0.2, 0.25) is 10.0 Å². The molecule has 0 aromatic carbocycles. The average molecular weight is 297 g/mol. The lowest BCUT2D eigenvalue weighted by atomic mass is 9.96. The van der Waals surface area contributed by atoms with Crippen molar-refractivity contribution in [3.05, 3.63) is 0 Å². The van der Waals surface area contributed by atoms with Crippen LogP contribution < -0.4 is 5.73 Å². The van der Waals surface area contributed by atoms with Crippen LogP contribution in [0.3, 0.4) is 0 Å². The molecule has 1 saturated carbocycles. The van der Waals surface area contributed by atoms with Crippen molar-refractivity contribution < 1.29 is 8.42 Å². The monoisotopic (exact) mass is 296 g/mol. The van der Waals surface area contributed by atoms with Crippen molar-refractivity contribution in [1.82, 2.24) is 4.31 Å². The van der Waals surface area contributed by atoms with Crippen molar-refractivity contribution in [2.45, 2.75) is 45.1 Å². The molecule has 2 atom stereocenters. The van der Waals surface area contributed by atoms with Crippen molar-refractivity contribution in [3.8, 4) is 0 Å². The molecule has 2 fully saturated rings. The highest BCUT2D eigenvalue weighted by Gasteiger charge is 2.33. The third-order valence-electron chi connectivity index (χ3n) is 4.25. The third-order valence-corrected chi connectivity index (χ3v) is 6.26. The molecule has 0 bridgehead atoms. The normalized spacial score (nSPS) is 31.2. The van der Waals surface area contributed by atoms with Crippen LogP contribution in [0.25, 0.3) is 0 Å². The smallest absolute Gasteiger partial charge is 0.214 e. The lowest BCUT2D eigenvalue weighted by Gasteiger charge is -2.34. The van der Waals surface area contributed by atoms with E-state index in [4.69, 9.17) is 5.73 Å². The minimum absolute atomic E-state index is 0. The SMILES string of the molecule is CC1CN(S(=O)(=O)CC2CCCC2)CCC1N.Cl. The van der Waals surface area contributed by atoms with E-state index in [1.54, 1.807) is 4.31 Å². The number of rotatable bonds is 3. The summed E-state index contributed by atoms with van der Waals surface area (Å²) in [6, 6.07) is 0.160. The second kappa shape index (κ2) is 6.55. The molecule has 2 aliphatic rings. The molecular formula is C12H25ClN2O2S. The molecular weight excluding hydrogens is 272 g/mol. The molecule has 6 heteroatoms. The van der Waals surface area contributed by atoms with Crippen LogP contribution in [-0.4, -0.2) is 37.6 Å². The van der Waals surface area contributed by atoms with Gasteiger partial charge in [0, 0.05) is 19.1 Å². The predicted octanol–water partition coefficient (Wildman–Crippen LogP) is 1.60. The number of piperidine rings is 1. The molecule has 18 heavy (non-hydrogen) atoms. The molecule has 2 N–H and O–H groups in total. The van der Waals surface area contributed by atoms with Gasteiger partial charge in [-0.3, -0.25) is 0 Å². The fourth-order valence-corrected chi connectivity index (χ4v) is 4.94. The second-order valence-electron chi connectivity index (χ2n) is 5.72. The Morgan fingerprint density at radius 3 is 2.39 bits per heavy atom. The maximum Gasteiger partial charge on any atom is 0.214 e. The Kier molecular flexibility index (Phi) is 5.90. The maximum absolute atomic E-state index is 12.3. The van der Waals surface area contributed by atoms with Crippen LogP contribution in [0.15, 0.2) is 0 Å². The van der Waals surface area contributed by atoms with Gasteiger partial charge in [-0.15, -0.1) is 12.4 Å². The Balaban J connectivity index is 0.00000162. The molecule has 1 aliphatic carbocycles. The predicted molar refractivity (Wildman–Crippen MR) is 76.3 cm³/mol. The molecule has 2 rings (SSSR count). The zero-order valence-corrected chi connectivity index (χ0v) is 12.7. The molecule has 0 amide bonds. The number of nitrogens with zero attached hydrogens (tertiary/aromatic N) is 1. The molecule has 0 radical (unpaired) electrons. The van der Waals surface area contributed by atoms with Crippen LogP contribution in [0.4, 0.5) is 0 Å². The number of sulfonamides is 1. The van der Waals surface area contributed by atoms with Crippen LogP contribution in [0.5, 0.6) is 0 Å². The number of hydrogen-bond acceptors (Lipinski definition) is 3. The van der Waals surface area contributed by atoms with E-state index < -0.39 is 10.0 Å². The highest BCUT2D eigenvalue weighted by Crippen LogP contribution is 2.28. The van der Waals surface area contributed by atoms with Crippen LogP contribution in [0.1, 0.15) is 39.0 Å². The number of nitrogens with two attached hydrogens (primary N) is 1. The minimum Gasteiger partial charge on any atom is -0.327 e. The van der Waals surface area contributed by atoms with Gasteiger partial charge in [0.1, 0.15) is 0 Å². The maximum atomic E-state index is 12.3. The first kappa shape index (κ1) is 16.2.